The van der Waals surface area contributed by atoms with Crippen LogP contribution in [0.5, 0.6) is 23.0 Å². The molecule has 1 atom stereocenters. The topological polar surface area (TPSA) is 99.0 Å². The Labute approximate surface area is 179 Å². The van der Waals surface area contributed by atoms with Gasteiger partial charge in [-0.2, -0.15) is 5.11 Å². The van der Waals surface area contributed by atoms with Gasteiger partial charge in [0.1, 0.15) is 28.7 Å². The summed E-state index contributed by atoms with van der Waals surface area (Å²) in [4.78, 5) is 25.2. The first-order chi connectivity index (χ1) is 14.4. The van der Waals surface area contributed by atoms with Gasteiger partial charge in [-0.15, -0.1) is 5.11 Å². The maximum absolute atomic E-state index is 13.0. The smallest absolute Gasteiger partial charge is 0.276 e. The zero-order valence-corrected chi connectivity index (χ0v) is 18.0. The van der Waals surface area contributed by atoms with Gasteiger partial charge in [-0.1, -0.05) is 12.1 Å². The Bertz CT molecular complexity index is 906. The van der Waals surface area contributed by atoms with E-state index < -0.39 is 17.7 Å². The van der Waals surface area contributed by atoms with Crippen LogP contribution in [-0.2, 0) is 9.59 Å². The van der Waals surface area contributed by atoms with Crippen LogP contribution in [0.4, 0.5) is 11.4 Å². The fourth-order valence-corrected chi connectivity index (χ4v) is 2.85. The second-order valence-corrected chi connectivity index (χ2v) is 6.21. The average Bonchev–Trinajstić information content (AvgIpc) is 2.77. The Morgan fingerprint density at radius 3 is 1.70 bits per heavy atom. The number of ether oxygens (including phenoxy) is 4. The minimum atomic E-state index is -1.51. The number of para-hydroxylation sites is 1. The van der Waals surface area contributed by atoms with Crippen molar-refractivity contribution >= 4 is 34.8 Å². The highest BCUT2D eigenvalue weighted by Crippen LogP contribution is 2.40. The maximum atomic E-state index is 13.0. The van der Waals surface area contributed by atoms with E-state index in [4.69, 9.17) is 30.7 Å². The van der Waals surface area contributed by atoms with Crippen molar-refractivity contribution in [1.29, 1.82) is 0 Å². The molecule has 2 rings (SSSR count). The fraction of sp³-hybridized carbons (Fsp3) is 0.300. The van der Waals surface area contributed by atoms with Crippen LogP contribution in [0, 0.1) is 0 Å². The molecule has 0 aromatic heterocycles. The summed E-state index contributed by atoms with van der Waals surface area (Å²) in [5.74, 6) is -0.0997. The zero-order chi connectivity index (χ0) is 22.3. The number of hydrogen-bond donors (Lipinski definition) is 0. The monoisotopic (exact) mass is 435 g/mol. The Kier molecular flexibility index (Phi) is 7.99. The summed E-state index contributed by atoms with van der Waals surface area (Å²) in [7, 11) is 5.75. The molecule has 0 aliphatic rings. The van der Waals surface area contributed by atoms with Crippen LogP contribution in [0.1, 0.15) is 6.92 Å². The van der Waals surface area contributed by atoms with E-state index in [9.17, 15) is 9.59 Å². The number of nitrogens with zero attached hydrogens (tertiary/aromatic N) is 3. The number of methoxy groups -OCH3 is 4. The van der Waals surface area contributed by atoms with Crippen LogP contribution in [0.25, 0.3) is 0 Å². The molecule has 0 heterocycles. The molecule has 0 bridgehead atoms. The molecule has 1 amide bonds. The number of rotatable bonds is 9. The van der Waals surface area contributed by atoms with E-state index in [-0.39, 0.29) is 22.9 Å². The van der Waals surface area contributed by atoms with Crippen LogP contribution < -0.4 is 23.4 Å². The van der Waals surface area contributed by atoms with Crippen molar-refractivity contribution in [2.45, 2.75) is 13.0 Å². The van der Waals surface area contributed by atoms with Crippen molar-refractivity contribution in [1.82, 2.24) is 0 Å². The SMILES string of the molecule is COc1cccc(OC)c1N=NC(C(C)=O)C(=O)N(Cl)c1c(OC)cccc1OC. The van der Waals surface area contributed by atoms with Gasteiger partial charge < -0.3 is 18.9 Å². The second-order valence-electron chi connectivity index (χ2n) is 5.87. The van der Waals surface area contributed by atoms with Gasteiger partial charge in [0.05, 0.1) is 28.4 Å². The van der Waals surface area contributed by atoms with Gasteiger partial charge in [-0.25, -0.2) is 4.42 Å². The van der Waals surface area contributed by atoms with Crippen LogP contribution in [0.15, 0.2) is 46.6 Å². The number of benzene rings is 2. The zero-order valence-electron chi connectivity index (χ0n) is 17.2. The van der Waals surface area contributed by atoms with Gasteiger partial charge in [-0.3, -0.25) is 9.59 Å². The summed E-state index contributed by atoms with van der Waals surface area (Å²) in [6.07, 6.45) is 0. The molecule has 0 saturated heterocycles. The first-order valence-corrected chi connectivity index (χ1v) is 9.06. The number of carbonyl (C=O) groups is 2. The molecule has 9 nitrogen and oxygen atoms in total. The Balaban J connectivity index is 2.45. The highest BCUT2D eigenvalue weighted by atomic mass is 35.5. The van der Waals surface area contributed by atoms with Gasteiger partial charge in [0.15, 0.2) is 11.5 Å². The lowest BCUT2D eigenvalue weighted by Gasteiger charge is -2.21. The van der Waals surface area contributed by atoms with E-state index in [0.717, 1.165) is 4.42 Å². The van der Waals surface area contributed by atoms with E-state index in [1.54, 1.807) is 36.4 Å². The molecule has 2 aromatic carbocycles. The number of hydrogen-bond acceptors (Lipinski definition) is 8. The summed E-state index contributed by atoms with van der Waals surface area (Å²) >= 11 is 6.28. The predicted octanol–water partition coefficient (Wildman–Crippen LogP) is 3.95. The van der Waals surface area contributed by atoms with Gasteiger partial charge in [0.25, 0.3) is 5.91 Å². The number of anilines is 1. The number of azo groups is 1. The molecular weight excluding hydrogens is 414 g/mol. The van der Waals surface area contributed by atoms with E-state index in [1.165, 1.54) is 35.4 Å². The molecule has 0 radical (unpaired) electrons. The number of Topliss-reactive ketones (excluding diaryl/α,β-unsaturated/α-hetero) is 1. The van der Waals surface area contributed by atoms with Gasteiger partial charge in [-0.05, 0) is 31.2 Å². The third-order valence-corrected chi connectivity index (χ3v) is 4.42. The van der Waals surface area contributed by atoms with Crippen molar-refractivity contribution in [3.63, 3.8) is 0 Å². The molecule has 30 heavy (non-hydrogen) atoms. The molecule has 0 saturated carbocycles. The summed E-state index contributed by atoms with van der Waals surface area (Å²) in [5.41, 5.74) is 0.378. The van der Waals surface area contributed by atoms with Crippen LogP contribution >= 0.6 is 11.8 Å². The Morgan fingerprint density at radius 1 is 0.867 bits per heavy atom. The number of carbonyl (C=O) groups excluding carboxylic acids is 2. The predicted molar refractivity (Wildman–Crippen MR) is 111 cm³/mol. The lowest BCUT2D eigenvalue weighted by Crippen LogP contribution is -2.36. The van der Waals surface area contributed by atoms with Gasteiger partial charge in [0, 0.05) is 11.8 Å². The highest BCUT2D eigenvalue weighted by Gasteiger charge is 2.32. The van der Waals surface area contributed by atoms with Crippen molar-refractivity contribution < 1.29 is 28.5 Å². The molecule has 0 aliphatic carbocycles. The first kappa shape index (κ1) is 23.0. The normalized spacial score (nSPS) is 11.7. The van der Waals surface area contributed by atoms with Gasteiger partial charge >= 0.3 is 0 Å². The number of ketones is 1. The second kappa shape index (κ2) is 10.4. The molecule has 160 valence electrons. The van der Waals surface area contributed by atoms with Crippen LogP contribution in [0.2, 0.25) is 0 Å². The number of halogens is 1. The first-order valence-electron chi connectivity index (χ1n) is 8.72. The van der Waals surface area contributed by atoms with Crippen molar-refractivity contribution in [3.8, 4) is 23.0 Å². The van der Waals surface area contributed by atoms with Crippen LogP contribution in [0.3, 0.4) is 0 Å². The summed E-state index contributed by atoms with van der Waals surface area (Å²) in [6.45, 7) is 1.21. The lowest BCUT2D eigenvalue weighted by atomic mass is 10.2. The minimum Gasteiger partial charge on any atom is -0.494 e. The maximum Gasteiger partial charge on any atom is 0.276 e. The third-order valence-electron chi connectivity index (χ3n) is 4.09. The van der Waals surface area contributed by atoms with Crippen molar-refractivity contribution in [2.24, 2.45) is 10.2 Å². The summed E-state index contributed by atoms with van der Waals surface area (Å²) < 4.78 is 21.7. The molecule has 10 heteroatoms. The molecule has 1 unspecified atom stereocenters. The number of amides is 1. The lowest BCUT2D eigenvalue weighted by molar-refractivity contribution is -0.126. The molecular formula is C20H22ClN3O6. The van der Waals surface area contributed by atoms with E-state index >= 15 is 0 Å². The van der Waals surface area contributed by atoms with Crippen LogP contribution in [-0.4, -0.2) is 46.2 Å². The third kappa shape index (κ3) is 4.80. The molecule has 0 N–H and O–H groups in total. The average molecular weight is 436 g/mol. The summed E-state index contributed by atoms with van der Waals surface area (Å²) in [6, 6.07) is 8.37. The summed E-state index contributed by atoms with van der Waals surface area (Å²) in [5, 5.41) is 7.96. The fourth-order valence-electron chi connectivity index (χ4n) is 2.59. The highest BCUT2D eigenvalue weighted by molar-refractivity contribution is 6.39. The van der Waals surface area contributed by atoms with Crippen molar-refractivity contribution in [3.05, 3.63) is 36.4 Å². The van der Waals surface area contributed by atoms with E-state index in [2.05, 4.69) is 10.2 Å². The molecule has 0 aliphatic heterocycles. The molecule has 0 spiro atoms. The largest absolute Gasteiger partial charge is 0.494 e. The molecule has 0 fully saturated rings. The Morgan fingerprint density at radius 2 is 1.30 bits per heavy atom. The van der Waals surface area contributed by atoms with Gasteiger partial charge in [0.2, 0.25) is 6.04 Å². The minimum absolute atomic E-state index is 0.144. The quantitative estimate of drug-likeness (QED) is 0.336. The van der Waals surface area contributed by atoms with E-state index in [1.807, 2.05) is 0 Å². The van der Waals surface area contributed by atoms with E-state index in [0.29, 0.717) is 11.5 Å². The molecule has 2 aromatic rings. The van der Waals surface area contributed by atoms with Crippen molar-refractivity contribution in [2.75, 3.05) is 32.9 Å². The Hall–Kier alpha value is -3.33. The standard InChI is InChI=1S/C20H22ClN3O6/c1-12(25)17(22-23-18-13(27-2)8-6-9-14(18)28-3)20(26)24(21)19-15(29-4)10-7-11-16(19)30-5/h6-11,17H,1-5H3.